The molecule has 0 N–H and O–H groups in total. The van der Waals surface area contributed by atoms with E-state index in [1.165, 1.54) is 19.1 Å². The van der Waals surface area contributed by atoms with Crippen LogP contribution in [0.15, 0.2) is 34.2 Å². The molecule has 1 aromatic carbocycles. The van der Waals surface area contributed by atoms with Crippen molar-refractivity contribution in [2.24, 2.45) is 0 Å². The van der Waals surface area contributed by atoms with Crippen molar-refractivity contribution in [2.45, 2.75) is 36.6 Å². The van der Waals surface area contributed by atoms with Crippen molar-refractivity contribution in [3.05, 3.63) is 39.2 Å². The number of hydrogen-bond donors (Lipinski definition) is 0. The number of carbonyl (C=O) groups excluding carboxylic acids is 2. The van der Waals surface area contributed by atoms with Gasteiger partial charge in [0, 0.05) is 0 Å². The Hall–Kier alpha value is -1.77. The van der Waals surface area contributed by atoms with Gasteiger partial charge in [-0.25, -0.2) is 13.4 Å². The monoisotopic (exact) mass is 401 g/mol. The summed E-state index contributed by atoms with van der Waals surface area (Å²) in [4.78, 5) is 27.8. The summed E-state index contributed by atoms with van der Waals surface area (Å²) in [5, 5.41) is -0.366. The van der Waals surface area contributed by atoms with E-state index < -0.39 is 27.5 Å². The van der Waals surface area contributed by atoms with Crippen LogP contribution < -0.4 is 0 Å². The van der Waals surface area contributed by atoms with Gasteiger partial charge in [0.2, 0.25) is 9.84 Å². The van der Waals surface area contributed by atoms with Gasteiger partial charge in [-0.1, -0.05) is 29.3 Å². The Morgan fingerprint density at radius 2 is 1.88 bits per heavy atom. The van der Waals surface area contributed by atoms with E-state index in [0.717, 1.165) is 16.9 Å². The Balaban J connectivity index is 2.50. The van der Waals surface area contributed by atoms with Gasteiger partial charge in [0.1, 0.15) is 9.34 Å². The number of esters is 1. The van der Waals surface area contributed by atoms with Crippen molar-refractivity contribution >= 4 is 44.5 Å². The lowest BCUT2D eigenvalue weighted by atomic mass is 10.1. The highest BCUT2D eigenvalue weighted by molar-refractivity contribution is 7.91. The molecule has 0 bridgehead atoms. The third-order valence-electron chi connectivity index (χ3n) is 3.34. The lowest BCUT2D eigenvalue weighted by Crippen LogP contribution is -2.22. The van der Waals surface area contributed by atoms with E-state index in [2.05, 4.69) is 4.98 Å². The molecule has 0 spiro atoms. The second kappa shape index (κ2) is 7.63. The van der Waals surface area contributed by atoms with Gasteiger partial charge >= 0.3 is 5.97 Å². The number of aromatic nitrogens is 1. The largest absolute Gasteiger partial charge is 0.465 e. The molecule has 0 amide bonds. The molecule has 2 aromatic rings. The van der Waals surface area contributed by atoms with Gasteiger partial charge in [0.15, 0.2) is 16.7 Å². The molecule has 2 rings (SSSR count). The predicted molar refractivity (Wildman–Crippen MR) is 93.8 cm³/mol. The molecule has 1 aromatic heterocycles. The van der Waals surface area contributed by atoms with Crippen LogP contribution in [0.1, 0.15) is 30.3 Å². The lowest BCUT2D eigenvalue weighted by Gasteiger charge is -2.09. The molecule has 0 aliphatic rings. The molecule has 0 saturated carbocycles. The van der Waals surface area contributed by atoms with Crippen LogP contribution in [0.3, 0.4) is 0 Å². The zero-order valence-corrected chi connectivity index (χ0v) is 16.2. The molecule has 0 fully saturated rings. The van der Waals surface area contributed by atoms with Crippen LogP contribution in [0, 0.1) is 6.92 Å². The molecule has 1 heterocycles. The standard InChI is InChI=1S/C16H16ClNO5S2/c1-4-23-16(20)12(10(3)19)14-18-15(13(17)24-14)25(21,22)11-7-5-9(2)6-8-11/h5-8,12H,4H2,1-3H3/t12-/m1/s1. The van der Waals surface area contributed by atoms with Gasteiger partial charge in [-0.15, -0.1) is 11.3 Å². The third-order valence-corrected chi connectivity index (χ3v) is 6.59. The zero-order valence-electron chi connectivity index (χ0n) is 13.8. The normalized spacial score (nSPS) is 12.6. The lowest BCUT2D eigenvalue weighted by molar-refractivity contribution is -0.147. The molecule has 1 atom stereocenters. The number of thiazole rings is 1. The Labute approximate surface area is 154 Å². The maximum Gasteiger partial charge on any atom is 0.323 e. The van der Waals surface area contributed by atoms with Crippen molar-refractivity contribution in [1.82, 2.24) is 4.98 Å². The fraction of sp³-hybridized carbons (Fsp3) is 0.312. The topological polar surface area (TPSA) is 90.4 Å². The number of ether oxygens (including phenoxy) is 1. The van der Waals surface area contributed by atoms with E-state index in [-0.39, 0.29) is 25.9 Å². The SMILES string of the molecule is CCOC(=O)[C@H](C(C)=O)c1nc(S(=O)(=O)c2ccc(C)cc2)c(Cl)s1. The number of hydrogen-bond acceptors (Lipinski definition) is 7. The van der Waals surface area contributed by atoms with E-state index in [1.807, 2.05) is 6.92 Å². The van der Waals surface area contributed by atoms with Crippen molar-refractivity contribution in [3.8, 4) is 0 Å². The minimum atomic E-state index is -3.96. The number of benzene rings is 1. The number of Topliss-reactive ketones (excluding diaryl/α,β-unsaturated/α-hetero) is 1. The van der Waals surface area contributed by atoms with Crippen molar-refractivity contribution in [3.63, 3.8) is 0 Å². The van der Waals surface area contributed by atoms with Crippen LogP contribution in [0.4, 0.5) is 0 Å². The summed E-state index contributed by atoms with van der Waals surface area (Å²) in [7, 11) is -3.96. The molecule has 9 heteroatoms. The number of sulfone groups is 1. The summed E-state index contributed by atoms with van der Waals surface area (Å²) in [5.41, 5.74) is 0.906. The van der Waals surface area contributed by atoms with Crippen LogP contribution in [-0.4, -0.2) is 31.8 Å². The van der Waals surface area contributed by atoms with E-state index >= 15 is 0 Å². The first kappa shape index (κ1) is 19.6. The van der Waals surface area contributed by atoms with Gasteiger partial charge in [0.25, 0.3) is 0 Å². The van der Waals surface area contributed by atoms with Crippen LogP contribution >= 0.6 is 22.9 Å². The number of halogens is 1. The third kappa shape index (κ3) is 4.08. The van der Waals surface area contributed by atoms with Gasteiger partial charge in [-0.2, -0.15) is 0 Å². The fourth-order valence-electron chi connectivity index (χ4n) is 2.09. The Bertz CT molecular complexity index is 903. The van der Waals surface area contributed by atoms with Gasteiger partial charge in [-0.05, 0) is 32.9 Å². The van der Waals surface area contributed by atoms with E-state index in [0.29, 0.717) is 0 Å². The summed E-state index contributed by atoms with van der Waals surface area (Å²) in [5.74, 6) is -2.56. The molecule has 0 aliphatic heterocycles. The molecular formula is C16H16ClNO5S2. The maximum absolute atomic E-state index is 12.7. The minimum Gasteiger partial charge on any atom is -0.465 e. The number of aryl methyl sites for hydroxylation is 1. The summed E-state index contributed by atoms with van der Waals surface area (Å²) in [6, 6.07) is 6.22. The summed E-state index contributed by atoms with van der Waals surface area (Å²) < 4.78 is 30.2. The smallest absolute Gasteiger partial charge is 0.323 e. The Morgan fingerprint density at radius 3 is 2.40 bits per heavy atom. The Morgan fingerprint density at radius 1 is 1.28 bits per heavy atom. The van der Waals surface area contributed by atoms with Crippen LogP contribution in [0.25, 0.3) is 0 Å². The molecule has 0 saturated heterocycles. The van der Waals surface area contributed by atoms with Crippen molar-refractivity contribution < 1.29 is 22.7 Å². The second-order valence-electron chi connectivity index (χ2n) is 5.24. The average molecular weight is 402 g/mol. The highest BCUT2D eigenvalue weighted by Gasteiger charge is 2.34. The van der Waals surface area contributed by atoms with Gasteiger partial charge in [0.05, 0.1) is 11.5 Å². The average Bonchev–Trinajstić information content (AvgIpc) is 2.90. The van der Waals surface area contributed by atoms with Crippen LogP contribution in [0.2, 0.25) is 4.34 Å². The second-order valence-corrected chi connectivity index (χ2v) is 8.74. The number of ketones is 1. The summed E-state index contributed by atoms with van der Waals surface area (Å²) in [6.07, 6.45) is 0. The highest BCUT2D eigenvalue weighted by Crippen LogP contribution is 2.35. The number of nitrogens with zero attached hydrogens (tertiary/aromatic N) is 1. The van der Waals surface area contributed by atoms with E-state index in [4.69, 9.17) is 16.3 Å². The number of carbonyl (C=O) groups is 2. The summed E-state index contributed by atoms with van der Waals surface area (Å²) in [6.45, 7) is 4.75. The van der Waals surface area contributed by atoms with Gasteiger partial charge < -0.3 is 4.74 Å². The molecule has 6 nitrogen and oxygen atoms in total. The maximum atomic E-state index is 12.7. The minimum absolute atomic E-state index is 0.00152. The van der Waals surface area contributed by atoms with E-state index in [9.17, 15) is 18.0 Å². The predicted octanol–water partition coefficient (Wildman–Crippen LogP) is 3.17. The molecule has 25 heavy (non-hydrogen) atoms. The molecule has 0 unspecified atom stereocenters. The molecule has 134 valence electrons. The quantitative estimate of drug-likeness (QED) is 0.545. The molecule has 0 radical (unpaired) electrons. The van der Waals surface area contributed by atoms with Crippen molar-refractivity contribution in [2.75, 3.05) is 6.61 Å². The Kier molecular flexibility index (Phi) is 5.97. The van der Waals surface area contributed by atoms with Gasteiger partial charge in [-0.3, -0.25) is 9.59 Å². The number of rotatable bonds is 6. The molecular weight excluding hydrogens is 386 g/mol. The highest BCUT2D eigenvalue weighted by atomic mass is 35.5. The first-order valence-corrected chi connectivity index (χ1v) is 10.0. The first-order chi connectivity index (χ1) is 11.7. The molecule has 0 aliphatic carbocycles. The zero-order chi connectivity index (χ0) is 18.8. The van der Waals surface area contributed by atoms with Crippen LogP contribution in [0.5, 0.6) is 0 Å². The van der Waals surface area contributed by atoms with E-state index in [1.54, 1.807) is 19.1 Å². The van der Waals surface area contributed by atoms with Crippen molar-refractivity contribution in [1.29, 1.82) is 0 Å². The van der Waals surface area contributed by atoms with Crippen LogP contribution in [-0.2, 0) is 24.2 Å². The first-order valence-electron chi connectivity index (χ1n) is 7.33. The fourth-order valence-corrected chi connectivity index (χ4v) is 5.16. The summed E-state index contributed by atoms with van der Waals surface area (Å²) >= 11 is 6.84.